The summed E-state index contributed by atoms with van der Waals surface area (Å²) in [5.41, 5.74) is 2.37. The number of rotatable bonds is 4. The van der Waals surface area contributed by atoms with Crippen molar-refractivity contribution in [3.05, 3.63) is 54.7 Å². The van der Waals surface area contributed by atoms with Gasteiger partial charge in [-0.25, -0.2) is 15.0 Å². The van der Waals surface area contributed by atoms with Crippen molar-refractivity contribution in [2.75, 3.05) is 13.1 Å². The molecule has 28 heavy (non-hydrogen) atoms. The van der Waals surface area contributed by atoms with E-state index in [0.29, 0.717) is 30.3 Å². The molecule has 0 amide bonds. The summed E-state index contributed by atoms with van der Waals surface area (Å²) in [5, 5.41) is 0. The Morgan fingerprint density at radius 2 is 1.71 bits per heavy atom. The lowest BCUT2D eigenvalue weighted by Crippen LogP contribution is -2.40. The first-order valence-electron chi connectivity index (χ1n) is 9.23. The summed E-state index contributed by atoms with van der Waals surface area (Å²) >= 11 is 0. The molecule has 0 spiro atoms. The van der Waals surface area contributed by atoms with Crippen molar-refractivity contribution >= 4 is 0 Å². The van der Waals surface area contributed by atoms with E-state index in [-0.39, 0.29) is 6.04 Å². The number of piperidine rings is 1. The maximum absolute atomic E-state index is 12.9. The molecule has 0 unspecified atom stereocenters. The predicted octanol–water partition coefficient (Wildman–Crippen LogP) is 4.62. The van der Waals surface area contributed by atoms with Gasteiger partial charge in [-0.1, -0.05) is 36.8 Å². The van der Waals surface area contributed by atoms with Crippen LogP contribution in [0.25, 0.3) is 22.6 Å². The lowest BCUT2D eigenvalue weighted by Gasteiger charge is -2.34. The number of likely N-dealkylation sites (tertiary alicyclic amines) is 1. The fourth-order valence-electron chi connectivity index (χ4n) is 3.58. The number of alkyl halides is 3. The number of hydrogen-bond donors (Lipinski definition) is 1. The Bertz CT molecular complexity index is 906. The Hall–Kier alpha value is -2.74. The third kappa shape index (κ3) is 4.22. The number of benzene rings is 1. The van der Waals surface area contributed by atoms with Crippen molar-refractivity contribution in [2.45, 2.75) is 31.5 Å². The molecule has 0 radical (unpaired) electrons. The van der Waals surface area contributed by atoms with Gasteiger partial charge in [0.2, 0.25) is 0 Å². The third-order valence-corrected chi connectivity index (χ3v) is 4.90. The molecule has 1 atom stereocenters. The summed E-state index contributed by atoms with van der Waals surface area (Å²) in [6.07, 6.45) is 3.13. The van der Waals surface area contributed by atoms with Crippen molar-refractivity contribution in [1.82, 2.24) is 24.8 Å². The number of hydrogen-bond acceptors (Lipinski definition) is 4. The van der Waals surface area contributed by atoms with Gasteiger partial charge in [0.15, 0.2) is 5.82 Å². The summed E-state index contributed by atoms with van der Waals surface area (Å²) in [7, 11) is 0. The van der Waals surface area contributed by atoms with E-state index in [1.807, 2.05) is 30.3 Å². The van der Waals surface area contributed by atoms with Gasteiger partial charge in [-0.15, -0.1) is 0 Å². The highest BCUT2D eigenvalue weighted by Gasteiger charge is 2.36. The molecule has 0 bridgehead atoms. The Kier molecular flexibility index (Phi) is 5.13. The maximum atomic E-state index is 12.9. The molecule has 3 aromatic rings. The second-order valence-corrected chi connectivity index (χ2v) is 6.94. The first-order chi connectivity index (χ1) is 13.5. The smallest absolute Gasteiger partial charge is 0.341 e. The van der Waals surface area contributed by atoms with Gasteiger partial charge in [-0.3, -0.25) is 4.90 Å². The largest absolute Gasteiger partial charge is 0.401 e. The van der Waals surface area contributed by atoms with Crippen LogP contribution in [0.3, 0.4) is 0 Å². The standard InChI is InChI=1S/C20H20F3N5/c21-20(22,23)13-28-9-5-4-8-17(28)19-26-12-16(27-19)15-10-24-18(25-11-15)14-6-2-1-3-7-14/h1-3,6-7,10-12,17H,4-5,8-9,13H2,(H,26,27)/t17-/m1/s1. The number of aromatic amines is 1. The average molecular weight is 387 g/mol. The SMILES string of the molecule is FC(F)(F)CN1CCCC[C@@H]1c1ncc(-c2cnc(-c3ccccc3)nc2)[nH]1. The van der Waals surface area contributed by atoms with Gasteiger partial charge in [0.05, 0.1) is 24.5 Å². The molecule has 1 N–H and O–H groups in total. The van der Waals surface area contributed by atoms with Gasteiger partial charge in [0.1, 0.15) is 5.82 Å². The van der Waals surface area contributed by atoms with E-state index in [2.05, 4.69) is 19.9 Å². The molecule has 1 saturated heterocycles. The number of imidazole rings is 1. The summed E-state index contributed by atoms with van der Waals surface area (Å²) < 4.78 is 38.7. The van der Waals surface area contributed by atoms with Crippen LogP contribution in [0.4, 0.5) is 13.2 Å². The molecule has 146 valence electrons. The van der Waals surface area contributed by atoms with Crippen LogP contribution < -0.4 is 0 Å². The Morgan fingerprint density at radius 3 is 2.43 bits per heavy atom. The number of aromatic nitrogens is 4. The zero-order valence-electron chi connectivity index (χ0n) is 15.2. The van der Waals surface area contributed by atoms with Crippen molar-refractivity contribution in [2.24, 2.45) is 0 Å². The van der Waals surface area contributed by atoms with Crippen LogP contribution in [-0.4, -0.2) is 44.1 Å². The van der Waals surface area contributed by atoms with E-state index in [9.17, 15) is 13.2 Å². The minimum absolute atomic E-state index is 0.353. The average Bonchev–Trinajstić information content (AvgIpc) is 3.18. The van der Waals surface area contributed by atoms with Gasteiger partial charge in [0.25, 0.3) is 0 Å². The zero-order valence-corrected chi connectivity index (χ0v) is 15.2. The van der Waals surface area contributed by atoms with Crippen LogP contribution in [0, 0.1) is 0 Å². The van der Waals surface area contributed by atoms with Crippen LogP contribution in [-0.2, 0) is 0 Å². The minimum atomic E-state index is -4.22. The Balaban J connectivity index is 1.53. The van der Waals surface area contributed by atoms with E-state index in [4.69, 9.17) is 0 Å². The van der Waals surface area contributed by atoms with Gasteiger partial charge < -0.3 is 4.98 Å². The van der Waals surface area contributed by atoms with Crippen LogP contribution in [0.15, 0.2) is 48.9 Å². The van der Waals surface area contributed by atoms with Crippen LogP contribution in [0.1, 0.15) is 31.1 Å². The van der Waals surface area contributed by atoms with E-state index < -0.39 is 12.7 Å². The maximum Gasteiger partial charge on any atom is 0.401 e. The van der Waals surface area contributed by atoms with Gasteiger partial charge in [0, 0.05) is 23.5 Å². The highest BCUT2D eigenvalue weighted by molar-refractivity contribution is 5.60. The van der Waals surface area contributed by atoms with E-state index >= 15 is 0 Å². The molecule has 1 fully saturated rings. The van der Waals surface area contributed by atoms with E-state index in [1.165, 1.54) is 4.90 Å². The molecule has 5 nitrogen and oxygen atoms in total. The predicted molar refractivity (Wildman–Crippen MR) is 99.3 cm³/mol. The van der Waals surface area contributed by atoms with Crippen LogP contribution in [0.5, 0.6) is 0 Å². The molecular weight excluding hydrogens is 367 g/mol. The number of nitrogens with one attached hydrogen (secondary N) is 1. The van der Waals surface area contributed by atoms with Gasteiger partial charge in [-0.05, 0) is 19.4 Å². The number of nitrogens with zero attached hydrogens (tertiary/aromatic N) is 4. The monoisotopic (exact) mass is 387 g/mol. The molecule has 3 heterocycles. The van der Waals surface area contributed by atoms with Crippen molar-refractivity contribution in [3.63, 3.8) is 0 Å². The third-order valence-electron chi connectivity index (χ3n) is 4.90. The van der Waals surface area contributed by atoms with Gasteiger partial charge >= 0.3 is 6.18 Å². The molecule has 2 aromatic heterocycles. The highest BCUT2D eigenvalue weighted by atomic mass is 19.4. The van der Waals surface area contributed by atoms with E-state index in [0.717, 1.165) is 24.0 Å². The molecular formula is C20H20F3N5. The summed E-state index contributed by atoms with van der Waals surface area (Å²) in [5.74, 6) is 1.18. The molecule has 8 heteroatoms. The molecule has 1 aliphatic rings. The molecule has 1 aliphatic heterocycles. The van der Waals surface area contributed by atoms with Crippen LogP contribution in [0.2, 0.25) is 0 Å². The second-order valence-electron chi connectivity index (χ2n) is 6.94. The van der Waals surface area contributed by atoms with Gasteiger partial charge in [-0.2, -0.15) is 13.2 Å². The Labute approximate surface area is 160 Å². The lowest BCUT2D eigenvalue weighted by molar-refractivity contribution is -0.154. The normalized spacial score (nSPS) is 18.3. The summed E-state index contributed by atoms with van der Waals surface area (Å²) in [4.78, 5) is 17.8. The second kappa shape index (κ2) is 7.71. The number of H-pyrrole nitrogens is 1. The minimum Gasteiger partial charge on any atom is -0.341 e. The summed E-state index contributed by atoms with van der Waals surface area (Å²) in [6, 6.07) is 9.28. The first-order valence-corrected chi connectivity index (χ1v) is 9.23. The van der Waals surface area contributed by atoms with Crippen molar-refractivity contribution in [3.8, 4) is 22.6 Å². The lowest BCUT2D eigenvalue weighted by atomic mass is 10.0. The van der Waals surface area contributed by atoms with Crippen molar-refractivity contribution in [1.29, 1.82) is 0 Å². The van der Waals surface area contributed by atoms with Crippen LogP contribution >= 0.6 is 0 Å². The number of halogens is 3. The quantitative estimate of drug-likeness (QED) is 0.710. The first kappa shape index (κ1) is 18.6. The van der Waals surface area contributed by atoms with Crippen molar-refractivity contribution < 1.29 is 13.2 Å². The topological polar surface area (TPSA) is 57.7 Å². The highest BCUT2D eigenvalue weighted by Crippen LogP contribution is 2.33. The zero-order chi connectivity index (χ0) is 19.6. The fraction of sp³-hybridized carbons (Fsp3) is 0.350. The van der Waals surface area contributed by atoms with E-state index in [1.54, 1.807) is 18.6 Å². The molecule has 4 rings (SSSR count). The molecule has 0 aliphatic carbocycles. The summed E-state index contributed by atoms with van der Waals surface area (Å²) in [6.45, 7) is -0.488. The Morgan fingerprint density at radius 1 is 0.964 bits per heavy atom. The molecule has 1 aromatic carbocycles. The molecule has 0 saturated carbocycles. The fourth-order valence-corrected chi connectivity index (χ4v) is 3.58.